The van der Waals surface area contributed by atoms with E-state index in [0.29, 0.717) is 19.3 Å². The van der Waals surface area contributed by atoms with Gasteiger partial charge in [-0.1, -0.05) is 279 Å². The number of hydrogen-bond acceptors (Lipinski definition) is 6. The molecule has 0 fully saturated rings. The SMILES string of the molecule is CCCCCCCCCCCCC(=O)OC[C@@H](COC(=O)CCCCCCCCCCCCCCCCC(C)C)OC(=O)CCCCCCCCCCCCCCCCC(C)CC. The minimum Gasteiger partial charge on any atom is -0.462 e. The van der Waals surface area contributed by atoms with E-state index in [1.807, 2.05) is 0 Å². The number of rotatable bonds is 51. The lowest BCUT2D eigenvalue weighted by molar-refractivity contribution is -0.167. The van der Waals surface area contributed by atoms with Gasteiger partial charge in [0, 0.05) is 19.3 Å². The van der Waals surface area contributed by atoms with E-state index in [-0.39, 0.29) is 31.1 Å². The maximum Gasteiger partial charge on any atom is 0.306 e. The van der Waals surface area contributed by atoms with Crippen LogP contribution < -0.4 is 0 Å². The van der Waals surface area contributed by atoms with Gasteiger partial charge in [-0.25, -0.2) is 0 Å². The molecular weight excluding hydrogens is 781 g/mol. The molecule has 0 aromatic rings. The molecule has 6 nitrogen and oxygen atoms in total. The Morgan fingerprint density at radius 1 is 0.333 bits per heavy atom. The summed E-state index contributed by atoms with van der Waals surface area (Å²) in [5.74, 6) is 0.897. The number of unbranched alkanes of at least 4 members (excludes halogenated alkanes) is 35. The van der Waals surface area contributed by atoms with E-state index in [1.54, 1.807) is 0 Å². The molecule has 374 valence electrons. The molecule has 1 unspecified atom stereocenters. The molecule has 6 heteroatoms. The normalized spacial score (nSPS) is 12.5. The van der Waals surface area contributed by atoms with Crippen LogP contribution in [0.15, 0.2) is 0 Å². The van der Waals surface area contributed by atoms with Gasteiger partial charge in [0.15, 0.2) is 6.10 Å². The van der Waals surface area contributed by atoms with E-state index in [1.165, 1.54) is 205 Å². The minimum absolute atomic E-state index is 0.0629. The van der Waals surface area contributed by atoms with Gasteiger partial charge in [0.2, 0.25) is 0 Å². The standard InChI is InChI=1S/C57H110O6/c1-6-8-9-10-11-12-27-32-37-42-47-55(58)61-50-54(51-62-56(59)48-43-38-33-28-23-19-15-13-17-21-25-30-35-40-45-52(3)4)63-57(60)49-44-39-34-29-24-20-16-14-18-22-26-31-36-41-46-53(5)7-2/h52-54H,6-51H2,1-5H3/t53?,54-/m0/s1. The molecule has 0 saturated carbocycles. The molecule has 0 aromatic carbocycles. The summed E-state index contributed by atoms with van der Waals surface area (Å²) in [5, 5.41) is 0. The average Bonchev–Trinajstić information content (AvgIpc) is 3.27. The van der Waals surface area contributed by atoms with E-state index in [4.69, 9.17) is 14.2 Å². The molecule has 0 spiro atoms. The fourth-order valence-corrected chi connectivity index (χ4v) is 8.66. The van der Waals surface area contributed by atoms with Crippen LogP contribution in [0.25, 0.3) is 0 Å². The highest BCUT2D eigenvalue weighted by molar-refractivity contribution is 5.71. The van der Waals surface area contributed by atoms with Gasteiger partial charge in [-0.05, 0) is 31.1 Å². The third-order valence-corrected chi connectivity index (χ3v) is 13.3. The van der Waals surface area contributed by atoms with Crippen LogP contribution in [0.2, 0.25) is 0 Å². The molecule has 0 N–H and O–H groups in total. The van der Waals surface area contributed by atoms with E-state index in [0.717, 1.165) is 69.6 Å². The maximum absolute atomic E-state index is 12.8. The molecule has 0 rings (SSSR count). The van der Waals surface area contributed by atoms with E-state index in [2.05, 4.69) is 34.6 Å². The van der Waals surface area contributed by atoms with Crippen molar-refractivity contribution in [3.63, 3.8) is 0 Å². The van der Waals surface area contributed by atoms with Gasteiger partial charge in [0.1, 0.15) is 13.2 Å². The molecule has 63 heavy (non-hydrogen) atoms. The zero-order valence-corrected chi connectivity index (χ0v) is 43.2. The van der Waals surface area contributed by atoms with Gasteiger partial charge >= 0.3 is 17.9 Å². The van der Waals surface area contributed by atoms with Gasteiger partial charge in [-0.15, -0.1) is 0 Å². The summed E-state index contributed by atoms with van der Waals surface area (Å²) in [7, 11) is 0. The summed E-state index contributed by atoms with van der Waals surface area (Å²) in [5.41, 5.74) is 0. The van der Waals surface area contributed by atoms with Crippen molar-refractivity contribution in [2.45, 2.75) is 323 Å². The van der Waals surface area contributed by atoms with E-state index in [9.17, 15) is 14.4 Å². The number of carbonyl (C=O) groups is 3. The summed E-state index contributed by atoms with van der Waals surface area (Å²) in [4.78, 5) is 38.0. The van der Waals surface area contributed by atoms with E-state index < -0.39 is 6.10 Å². The number of ether oxygens (including phenoxy) is 3. The van der Waals surface area contributed by atoms with Crippen LogP contribution in [0.1, 0.15) is 317 Å². The third kappa shape index (κ3) is 49.7. The molecule has 0 heterocycles. The van der Waals surface area contributed by atoms with Crippen molar-refractivity contribution < 1.29 is 28.6 Å². The second-order valence-electron chi connectivity index (χ2n) is 20.3. The average molecular weight is 892 g/mol. The maximum atomic E-state index is 12.8. The Labute approximate surface area is 393 Å². The third-order valence-electron chi connectivity index (χ3n) is 13.3. The second-order valence-corrected chi connectivity index (χ2v) is 20.3. The van der Waals surface area contributed by atoms with Crippen LogP contribution in [0.5, 0.6) is 0 Å². The van der Waals surface area contributed by atoms with Crippen LogP contribution in [0.4, 0.5) is 0 Å². The zero-order valence-electron chi connectivity index (χ0n) is 43.2. The highest BCUT2D eigenvalue weighted by Crippen LogP contribution is 2.18. The Morgan fingerprint density at radius 2 is 0.603 bits per heavy atom. The van der Waals surface area contributed by atoms with Crippen molar-refractivity contribution in [1.82, 2.24) is 0 Å². The Hall–Kier alpha value is -1.59. The predicted molar refractivity (Wildman–Crippen MR) is 270 cm³/mol. The van der Waals surface area contributed by atoms with Crippen molar-refractivity contribution in [3.8, 4) is 0 Å². The molecule has 0 aromatic heterocycles. The minimum atomic E-state index is -0.762. The summed E-state index contributed by atoms with van der Waals surface area (Å²) < 4.78 is 16.9. The van der Waals surface area contributed by atoms with Gasteiger partial charge in [0.05, 0.1) is 0 Å². The van der Waals surface area contributed by atoms with Crippen LogP contribution in [0.3, 0.4) is 0 Å². The van der Waals surface area contributed by atoms with Crippen LogP contribution in [-0.4, -0.2) is 37.2 Å². The van der Waals surface area contributed by atoms with Crippen LogP contribution in [-0.2, 0) is 28.6 Å². The fraction of sp³-hybridized carbons (Fsp3) is 0.947. The topological polar surface area (TPSA) is 78.9 Å². The van der Waals surface area contributed by atoms with Crippen LogP contribution in [0, 0.1) is 11.8 Å². The number of carbonyl (C=O) groups excluding carboxylic acids is 3. The molecule has 0 aliphatic carbocycles. The predicted octanol–water partition coefficient (Wildman–Crippen LogP) is 18.5. The highest BCUT2D eigenvalue weighted by Gasteiger charge is 2.19. The number of esters is 3. The first kappa shape index (κ1) is 61.4. The molecule has 0 aliphatic heterocycles. The Balaban J connectivity index is 4.25. The summed E-state index contributed by atoms with van der Waals surface area (Å²) in [6, 6.07) is 0. The Kier molecular flexibility index (Phi) is 48.6. The van der Waals surface area contributed by atoms with Gasteiger partial charge in [-0.3, -0.25) is 14.4 Å². The molecule has 0 amide bonds. The van der Waals surface area contributed by atoms with Gasteiger partial charge in [-0.2, -0.15) is 0 Å². The van der Waals surface area contributed by atoms with Gasteiger partial charge in [0.25, 0.3) is 0 Å². The molecule has 2 atom stereocenters. The molecule has 0 saturated heterocycles. The van der Waals surface area contributed by atoms with Crippen molar-refractivity contribution in [2.24, 2.45) is 11.8 Å². The molecule has 0 radical (unpaired) electrons. The molecule has 0 bridgehead atoms. The fourth-order valence-electron chi connectivity index (χ4n) is 8.66. The second kappa shape index (κ2) is 49.8. The summed E-state index contributed by atoms with van der Waals surface area (Å²) in [6.45, 7) is 11.4. The van der Waals surface area contributed by atoms with Crippen molar-refractivity contribution >= 4 is 17.9 Å². The first-order chi connectivity index (χ1) is 30.8. The lowest BCUT2D eigenvalue weighted by Gasteiger charge is -2.18. The Morgan fingerprint density at radius 3 is 0.905 bits per heavy atom. The summed E-state index contributed by atoms with van der Waals surface area (Å²) in [6.07, 6.45) is 52.3. The zero-order chi connectivity index (χ0) is 46.1. The van der Waals surface area contributed by atoms with Crippen molar-refractivity contribution in [1.29, 1.82) is 0 Å². The molecule has 0 aliphatic rings. The van der Waals surface area contributed by atoms with Crippen molar-refractivity contribution in [2.75, 3.05) is 13.2 Å². The monoisotopic (exact) mass is 891 g/mol. The lowest BCUT2D eigenvalue weighted by Crippen LogP contribution is -2.30. The smallest absolute Gasteiger partial charge is 0.306 e. The Bertz CT molecular complexity index is 964. The number of hydrogen-bond donors (Lipinski definition) is 0. The largest absolute Gasteiger partial charge is 0.462 e. The first-order valence-corrected chi connectivity index (χ1v) is 28.3. The highest BCUT2D eigenvalue weighted by atomic mass is 16.6. The van der Waals surface area contributed by atoms with Gasteiger partial charge < -0.3 is 14.2 Å². The summed E-state index contributed by atoms with van der Waals surface area (Å²) >= 11 is 0. The van der Waals surface area contributed by atoms with E-state index >= 15 is 0 Å². The van der Waals surface area contributed by atoms with Crippen LogP contribution >= 0.6 is 0 Å². The lowest BCUT2D eigenvalue weighted by atomic mass is 9.99. The first-order valence-electron chi connectivity index (χ1n) is 28.3. The quantitative estimate of drug-likeness (QED) is 0.0344. The van der Waals surface area contributed by atoms with Crippen molar-refractivity contribution in [3.05, 3.63) is 0 Å². The molecular formula is C57H110O6.